The molecule has 2 heterocycles. The summed E-state index contributed by atoms with van der Waals surface area (Å²) in [4.78, 5) is 13.8. The molecule has 92 valence electrons. The highest BCUT2D eigenvalue weighted by atomic mass is 16.5. The van der Waals surface area contributed by atoms with Crippen molar-refractivity contribution < 1.29 is 9.53 Å². The van der Waals surface area contributed by atoms with E-state index in [-0.39, 0.29) is 11.9 Å². The number of hydrogen-bond acceptors (Lipinski definition) is 4. The van der Waals surface area contributed by atoms with Gasteiger partial charge in [-0.3, -0.25) is 9.69 Å². The number of ether oxygens (including phenoxy) is 1. The van der Waals surface area contributed by atoms with Crippen LogP contribution in [0, 0.1) is 5.92 Å². The molecule has 0 aliphatic carbocycles. The lowest BCUT2D eigenvalue weighted by atomic mass is 10.1. The first-order valence-corrected chi connectivity index (χ1v) is 6.27. The zero-order chi connectivity index (χ0) is 11.5. The third-order valence-corrected chi connectivity index (χ3v) is 3.90. The predicted octanol–water partition coefficient (Wildman–Crippen LogP) is 0.622. The average molecular weight is 226 g/mol. The molecule has 16 heavy (non-hydrogen) atoms. The van der Waals surface area contributed by atoms with Crippen LogP contribution in [0.15, 0.2) is 0 Å². The van der Waals surface area contributed by atoms with Crippen molar-refractivity contribution in [3.8, 4) is 0 Å². The van der Waals surface area contributed by atoms with E-state index < -0.39 is 0 Å². The monoisotopic (exact) mass is 226 g/mol. The van der Waals surface area contributed by atoms with Gasteiger partial charge in [-0.2, -0.15) is 0 Å². The Hall–Kier alpha value is -0.610. The van der Waals surface area contributed by atoms with Crippen molar-refractivity contribution in [2.24, 2.45) is 5.92 Å². The first kappa shape index (κ1) is 11.9. The Balaban J connectivity index is 1.76. The quantitative estimate of drug-likeness (QED) is 0.714. The maximum atomic E-state index is 11.3. The summed E-state index contributed by atoms with van der Waals surface area (Å²) in [6.07, 6.45) is 3.86. The van der Waals surface area contributed by atoms with Crippen LogP contribution < -0.4 is 5.32 Å². The SMILES string of the molecule is COC(=O)C(C)CNC1CCN2CCCC12. The number of fused-ring (bicyclic) bond motifs is 1. The van der Waals surface area contributed by atoms with Crippen LogP contribution >= 0.6 is 0 Å². The summed E-state index contributed by atoms with van der Waals surface area (Å²) in [5, 5.41) is 3.53. The van der Waals surface area contributed by atoms with Crippen LogP contribution in [-0.4, -0.2) is 49.7 Å². The molecule has 0 bridgehead atoms. The number of carbonyl (C=O) groups is 1. The van der Waals surface area contributed by atoms with Gasteiger partial charge in [-0.05, 0) is 25.8 Å². The Labute approximate surface area is 97.3 Å². The van der Waals surface area contributed by atoms with Crippen molar-refractivity contribution in [1.82, 2.24) is 10.2 Å². The number of carbonyl (C=O) groups excluding carboxylic acids is 1. The Morgan fingerprint density at radius 3 is 3.06 bits per heavy atom. The van der Waals surface area contributed by atoms with E-state index in [1.165, 1.54) is 39.5 Å². The Bertz CT molecular complexity index is 257. The summed E-state index contributed by atoms with van der Waals surface area (Å²) in [6.45, 7) is 5.13. The van der Waals surface area contributed by atoms with Crippen LogP contribution in [0.1, 0.15) is 26.2 Å². The Kier molecular flexibility index (Phi) is 3.82. The van der Waals surface area contributed by atoms with Gasteiger partial charge in [0.05, 0.1) is 13.0 Å². The molecule has 2 rings (SSSR count). The van der Waals surface area contributed by atoms with Gasteiger partial charge in [0.15, 0.2) is 0 Å². The molecule has 0 spiro atoms. The third-order valence-electron chi connectivity index (χ3n) is 3.90. The van der Waals surface area contributed by atoms with E-state index in [4.69, 9.17) is 4.74 Å². The second kappa shape index (κ2) is 5.15. The van der Waals surface area contributed by atoms with Gasteiger partial charge in [0, 0.05) is 25.2 Å². The second-order valence-electron chi connectivity index (χ2n) is 4.97. The van der Waals surface area contributed by atoms with E-state index in [1.54, 1.807) is 0 Å². The number of nitrogens with zero attached hydrogens (tertiary/aromatic N) is 1. The molecule has 0 amide bonds. The van der Waals surface area contributed by atoms with Gasteiger partial charge in [-0.25, -0.2) is 0 Å². The summed E-state index contributed by atoms with van der Waals surface area (Å²) in [7, 11) is 1.45. The number of methoxy groups -OCH3 is 1. The number of nitrogens with one attached hydrogen (secondary N) is 1. The molecule has 3 unspecified atom stereocenters. The molecular formula is C12H22N2O2. The largest absolute Gasteiger partial charge is 0.469 e. The fourth-order valence-electron chi connectivity index (χ4n) is 2.93. The number of rotatable bonds is 4. The predicted molar refractivity (Wildman–Crippen MR) is 62.2 cm³/mol. The molecule has 0 aromatic rings. The summed E-state index contributed by atoms with van der Waals surface area (Å²) in [5.74, 6) is -0.158. The lowest BCUT2D eigenvalue weighted by Crippen LogP contribution is -2.42. The highest BCUT2D eigenvalue weighted by molar-refractivity contribution is 5.72. The van der Waals surface area contributed by atoms with Gasteiger partial charge in [0.1, 0.15) is 0 Å². The van der Waals surface area contributed by atoms with Gasteiger partial charge in [-0.15, -0.1) is 0 Å². The summed E-state index contributed by atoms with van der Waals surface area (Å²) >= 11 is 0. The second-order valence-corrected chi connectivity index (χ2v) is 4.97. The Morgan fingerprint density at radius 2 is 2.31 bits per heavy atom. The first-order valence-electron chi connectivity index (χ1n) is 6.27. The van der Waals surface area contributed by atoms with Gasteiger partial charge in [-0.1, -0.05) is 6.92 Å². The van der Waals surface area contributed by atoms with Crippen molar-refractivity contribution in [3.05, 3.63) is 0 Å². The normalized spacial score (nSPS) is 31.4. The summed E-state index contributed by atoms with van der Waals surface area (Å²) in [6, 6.07) is 1.29. The maximum Gasteiger partial charge on any atom is 0.309 e. The lowest BCUT2D eigenvalue weighted by Gasteiger charge is -2.22. The molecule has 2 fully saturated rings. The molecule has 0 radical (unpaired) electrons. The van der Waals surface area contributed by atoms with Crippen LogP contribution in [0.2, 0.25) is 0 Å². The van der Waals surface area contributed by atoms with Gasteiger partial charge in [0.25, 0.3) is 0 Å². The molecule has 1 N–H and O–H groups in total. The molecule has 4 nitrogen and oxygen atoms in total. The molecule has 4 heteroatoms. The van der Waals surface area contributed by atoms with Crippen LogP contribution in [-0.2, 0) is 9.53 Å². The van der Waals surface area contributed by atoms with E-state index in [9.17, 15) is 4.79 Å². The maximum absolute atomic E-state index is 11.3. The van der Waals surface area contributed by atoms with E-state index in [2.05, 4.69) is 10.2 Å². The average Bonchev–Trinajstić information content (AvgIpc) is 2.87. The smallest absolute Gasteiger partial charge is 0.309 e. The molecule has 2 aliphatic rings. The number of esters is 1. The summed E-state index contributed by atoms with van der Waals surface area (Å²) in [5.41, 5.74) is 0. The van der Waals surface area contributed by atoms with Gasteiger partial charge >= 0.3 is 5.97 Å². The zero-order valence-electron chi connectivity index (χ0n) is 10.2. The van der Waals surface area contributed by atoms with Crippen molar-refractivity contribution in [2.75, 3.05) is 26.7 Å². The van der Waals surface area contributed by atoms with Gasteiger partial charge in [0.2, 0.25) is 0 Å². The number of hydrogen-bond donors (Lipinski definition) is 1. The van der Waals surface area contributed by atoms with Crippen molar-refractivity contribution in [1.29, 1.82) is 0 Å². The molecule has 0 aromatic heterocycles. The van der Waals surface area contributed by atoms with Crippen LogP contribution in [0.4, 0.5) is 0 Å². The first-order chi connectivity index (χ1) is 7.72. The van der Waals surface area contributed by atoms with E-state index >= 15 is 0 Å². The minimum Gasteiger partial charge on any atom is -0.469 e. The van der Waals surface area contributed by atoms with Crippen LogP contribution in [0.3, 0.4) is 0 Å². The van der Waals surface area contributed by atoms with E-state index in [0.29, 0.717) is 12.1 Å². The third kappa shape index (κ3) is 2.38. The molecule has 3 atom stereocenters. The van der Waals surface area contributed by atoms with Crippen LogP contribution in [0.25, 0.3) is 0 Å². The van der Waals surface area contributed by atoms with Crippen molar-refractivity contribution in [3.63, 3.8) is 0 Å². The molecule has 0 saturated carbocycles. The molecule has 0 aromatic carbocycles. The minimum atomic E-state index is -0.117. The minimum absolute atomic E-state index is 0.0412. The standard InChI is InChI=1S/C12H22N2O2/c1-9(12(15)16-2)8-13-10-5-7-14-6-3-4-11(10)14/h9-11,13H,3-8H2,1-2H3. The zero-order valence-corrected chi connectivity index (χ0v) is 10.2. The molecule has 2 saturated heterocycles. The van der Waals surface area contributed by atoms with E-state index in [0.717, 1.165) is 6.54 Å². The van der Waals surface area contributed by atoms with Crippen LogP contribution in [0.5, 0.6) is 0 Å². The molecule has 2 aliphatic heterocycles. The highest BCUT2D eigenvalue weighted by Crippen LogP contribution is 2.27. The molecular weight excluding hydrogens is 204 g/mol. The fraction of sp³-hybridized carbons (Fsp3) is 0.917. The van der Waals surface area contributed by atoms with Crippen molar-refractivity contribution in [2.45, 2.75) is 38.3 Å². The van der Waals surface area contributed by atoms with Crippen molar-refractivity contribution >= 4 is 5.97 Å². The van der Waals surface area contributed by atoms with Gasteiger partial charge < -0.3 is 10.1 Å². The van der Waals surface area contributed by atoms with E-state index in [1.807, 2.05) is 6.92 Å². The lowest BCUT2D eigenvalue weighted by molar-refractivity contribution is -0.144. The topological polar surface area (TPSA) is 41.6 Å². The Morgan fingerprint density at radius 1 is 1.50 bits per heavy atom. The summed E-state index contributed by atoms with van der Waals surface area (Å²) < 4.78 is 4.72. The highest BCUT2D eigenvalue weighted by Gasteiger charge is 2.36. The fourth-order valence-corrected chi connectivity index (χ4v) is 2.93.